The summed E-state index contributed by atoms with van der Waals surface area (Å²) < 4.78 is 24.5. The first-order valence-electron chi connectivity index (χ1n) is 9.98. The summed E-state index contributed by atoms with van der Waals surface area (Å²) in [6.45, 7) is 4.75. The molecule has 1 saturated heterocycles. The van der Waals surface area contributed by atoms with E-state index in [1.165, 1.54) is 12.1 Å². The van der Waals surface area contributed by atoms with Crippen LogP contribution in [0.5, 0.6) is 5.75 Å². The average molecular weight is 527 g/mol. The number of hydrogen-bond donors (Lipinski definition) is 2. The van der Waals surface area contributed by atoms with Crippen LogP contribution in [0.25, 0.3) is 0 Å². The van der Waals surface area contributed by atoms with Crippen molar-refractivity contribution in [2.24, 2.45) is 4.99 Å². The molecular formula is C23H31FIN3O2. The number of nitrogens with zero attached hydrogens (tertiary/aromatic N) is 1. The minimum absolute atomic E-state index is 0. The van der Waals surface area contributed by atoms with Gasteiger partial charge in [0.05, 0.1) is 7.11 Å². The maximum absolute atomic E-state index is 13.4. The highest BCUT2D eigenvalue weighted by Gasteiger charge is 2.34. The Morgan fingerprint density at radius 3 is 2.47 bits per heavy atom. The van der Waals surface area contributed by atoms with Crippen molar-refractivity contribution in [1.29, 1.82) is 0 Å². The molecule has 0 spiro atoms. The molecule has 0 radical (unpaired) electrons. The number of rotatable bonds is 6. The zero-order valence-corrected chi connectivity index (χ0v) is 20.2. The van der Waals surface area contributed by atoms with Crippen LogP contribution in [-0.2, 0) is 16.7 Å². The highest BCUT2D eigenvalue weighted by Crippen LogP contribution is 2.34. The Bertz CT molecular complexity index is 837. The van der Waals surface area contributed by atoms with E-state index in [2.05, 4.69) is 27.8 Å². The number of aryl methyl sites for hydroxylation is 1. The van der Waals surface area contributed by atoms with E-state index < -0.39 is 0 Å². The quantitative estimate of drug-likeness (QED) is 0.337. The Morgan fingerprint density at radius 2 is 1.83 bits per heavy atom. The fourth-order valence-corrected chi connectivity index (χ4v) is 3.78. The molecule has 164 valence electrons. The molecule has 3 rings (SSSR count). The summed E-state index contributed by atoms with van der Waals surface area (Å²) in [6, 6.07) is 13.0. The van der Waals surface area contributed by atoms with Crippen LogP contribution in [0.2, 0.25) is 0 Å². The third kappa shape index (κ3) is 6.07. The normalized spacial score (nSPS) is 15.8. The topological polar surface area (TPSA) is 54.9 Å². The van der Waals surface area contributed by atoms with E-state index in [0.29, 0.717) is 26.3 Å². The van der Waals surface area contributed by atoms with Gasteiger partial charge in [-0.2, -0.15) is 0 Å². The number of aliphatic imine (C=N–C) groups is 1. The van der Waals surface area contributed by atoms with Gasteiger partial charge in [0.25, 0.3) is 0 Å². The van der Waals surface area contributed by atoms with Gasteiger partial charge in [-0.15, -0.1) is 24.0 Å². The number of methoxy groups -OCH3 is 1. The highest BCUT2D eigenvalue weighted by molar-refractivity contribution is 14.0. The molecule has 2 aromatic rings. The van der Waals surface area contributed by atoms with Gasteiger partial charge < -0.3 is 20.1 Å². The Labute approximate surface area is 195 Å². The number of ether oxygens (including phenoxy) is 2. The lowest BCUT2D eigenvalue weighted by molar-refractivity contribution is 0.0513. The summed E-state index contributed by atoms with van der Waals surface area (Å²) in [7, 11) is 3.44. The van der Waals surface area contributed by atoms with Gasteiger partial charge in [-0.3, -0.25) is 4.99 Å². The second-order valence-corrected chi connectivity index (χ2v) is 7.49. The van der Waals surface area contributed by atoms with Crippen molar-refractivity contribution in [1.82, 2.24) is 10.6 Å². The number of halogens is 2. The monoisotopic (exact) mass is 527 g/mol. The van der Waals surface area contributed by atoms with Crippen molar-refractivity contribution >= 4 is 29.9 Å². The van der Waals surface area contributed by atoms with Crippen molar-refractivity contribution in [3.8, 4) is 5.75 Å². The zero-order valence-electron chi connectivity index (χ0n) is 17.8. The molecule has 1 fully saturated rings. The van der Waals surface area contributed by atoms with Gasteiger partial charge in [0.15, 0.2) is 5.96 Å². The minimum Gasteiger partial charge on any atom is -0.496 e. The predicted molar refractivity (Wildman–Crippen MR) is 129 cm³/mol. The van der Waals surface area contributed by atoms with Crippen molar-refractivity contribution in [3.05, 3.63) is 65.0 Å². The van der Waals surface area contributed by atoms with Gasteiger partial charge in [-0.25, -0.2) is 4.39 Å². The van der Waals surface area contributed by atoms with Crippen LogP contribution in [0.3, 0.4) is 0 Å². The molecule has 0 aromatic heterocycles. The molecule has 0 saturated carbocycles. The Morgan fingerprint density at radius 1 is 1.13 bits per heavy atom. The van der Waals surface area contributed by atoms with Gasteiger partial charge in [-0.1, -0.05) is 24.3 Å². The first-order valence-corrected chi connectivity index (χ1v) is 9.98. The van der Waals surface area contributed by atoms with Gasteiger partial charge in [0.1, 0.15) is 11.6 Å². The second kappa shape index (κ2) is 11.5. The number of benzene rings is 2. The minimum atomic E-state index is -0.214. The maximum Gasteiger partial charge on any atom is 0.191 e. The molecule has 0 amide bonds. The molecular weight excluding hydrogens is 496 g/mol. The molecule has 0 atom stereocenters. The van der Waals surface area contributed by atoms with Crippen LogP contribution in [0.15, 0.2) is 47.5 Å². The SMILES string of the molecule is CN=C(NCc1ccc(C)cc1OC)NCC1(c2ccc(F)cc2)CCOCC1.I. The molecule has 1 aliphatic rings. The van der Waals surface area contributed by atoms with Gasteiger partial charge in [0.2, 0.25) is 0 Å². The lowest BCUT2D eigenvalue weighted by Gasteiger charge is -2.38. The van der Waals surface area contributed by atoms with Crippen molar-refractivity contribution in [2.45, 2.75) is 31.7 Å². The maximum atomic E-state index is 13.4. The smallest absolute Gasteiger partial charge is 0.191 e. The molecule has 0 bridgehead atoms. The third-order valence-corrected chi connectivity index (χ3v) is 5.61. The molecule has 7 heteroatoms. The lowest BCUT2D eigenvalue weighted by Crippen LogP contribution is -2.47. The molecule has 0 unspecified atom stereocenters. The first-order chi connectivity index (χ1) is 14.1. The summed E-state index contributed by atoms with van der Waals surface area (Å²) in [4.78, 5) is 4.36. The van der Waals surface area contributed by atoms with E-state index in [9.17, 15) is 4.39 Å². The largest absolute Gasteiger partial charge is 0.496 e. The van der Waals surface area contributed by atoms with Crippen LogP contribution < -0.4 is 15.4 Å². The summed E-state index contributed by atoms with van der Waals surface area (Å²) in [5.41, 5.74) is 3.25. The molecule has 2 aromatic carbocycles. The van der Waals surface area contributed by atoms with Crippen molar-refractivity contribution in [2.75, 3.05) is 33.9 Å². The number of hydrogen-bond acceptors (Lipinski definition) is 3. The Kier molecular flexibility index (Phi) is 9.36. The predicted octanol–water partition coefficient (Wildman–Crippen LogP) is 4.17. The Balaban J connectivity index is 0.00000320. The average Bonchev–Trinajstić information content (AvgIpc) is 2.75. The van der Waals surface area contributed by atoms with E-state index in [-0.39, 0.29) is 35.2 Å². The highest BCUT2D eigenvalue weighted by atomic mass is 127. The van der Waals surface area contributed by atoms with Crippen LogP contribution >= 0.6 is 24.0 Å². The van der Waals surface area contributed by atoms with Crippen LogP contribution in [0, 0.1) is 12.7 Å². The number of nitrogens with one attached hydrogen (secondary N) is 2. The molecule has 30 heavy (non-hydrogen) atoms. The summed E-state index contributed by atoms with van der Waals surface area (Å²) in [6.07, 6.45) is 1.77. The van der Waals surface area contributed by atoms with Crippen molar-refractivity contribution in [3.63, 3.8) is 0 Å². The molecule has 0 aliphatic carbocycles. The molecule has 1 aliphatic heterocycles. The molecule has 5 nitrogen and oxygen atoms in total. The standard InChI is InChI=1S/C23H30FN3O2.HI/c1-17-4-5-18(21(14-17)28-3)15-26-22(25-2)27-16-23(10-12-29-13-11-23)19-6-8-20(24)9-7-19;/h4-9,14H,10-13,15-16H2,1-3H3,(H2,25,26,27);1H. The summed E-state index contributed by atoms with van der Waals surface area (Å²) in [5.74, 6) is 1.37. The van der Waals surface area contributed by atoms with E-state index >= 15 is 0 Å². The fourth-order valence-electron chi connectivity index (χ4n) is 3.78. The van der Waals surface area contributed by atoms with E-state index in [4.69, 9.17) is 9.47 Å². The first kappa shape index (κ1) is 24.4. The third-order valence-electron chi connectivity index (χ3n) is 5.61. The molecule has 2 N–H and O–H groups in total. The Hall–Kier alpha value is -1.87. The van der Waals surface area contributed by atoms with Crippen LogP contribution in [0.1, 0.15) is 29.5 Å². The lowest BCUT2D eigenvalue weighted by atomic mass is 9.74. The van der Waals surface area contributed by atoms with E-state index in [1.54, 1.807) is 14.2 Å². The summed E-state index contributed by atoms with van der Waals surface area (Å²) >= 11 is 0. The molecule has 1 heterocycles. The van der Waals surface area contributed by atoms with Crippen LogP contribution in [-0.4, -0.2) is 39.9 Å². The van der Waals surface area contributed by atoms with E-state index in [1.807, 2.05) is 25.1 Å². The fraction of sp³-hybridized carbons (Fsp3) is 0.435. The van der Waals surface area contributed by atoms with Gasteiger partial charge in [0, 0.05) is 44.3 Å². The number of guanidine groups is 1. The van der Waals surface area contributed by atoms with E-state index in [0.717, 1.165) is 41.2 Å². The van der Waals surface area contributed by atoms with Gasteiger partial charge in [-0.05, 0) is 49.1 Å². The van der Waals surface area contributed by atoms with Crippen molar-refractivity contribution < 1.29 is 13.9 Å². The zero-order chi connectivity index (χ0) is 20.7. The van der Waals surface area contributed by atoms with Gasteiger partial charge >= 0.3 is 0 Å². The second-order valence-electron chi connectivity index (χ2n) is 7.49. The summed E-state index contributed by atoms with van der Waals surface area (Å²) in [5, 5.41) is 6.83. The van der Waals surface area contributed by atoms with Crippen LogP contribution in [0.4, 0.5) is 4.39 Å².